The summed E-state index contributed by atoms with van der Waals surface area (Å²) in [6.07, 6.45) is 0.170. The molecule has 0 radical (unpaired) electrons. The van der Waals surface area contributed by atoms with Gasteiger partial charge < -0.3 is 4.52 Å². The average molecular weight is 354 g/mol. The SMILES string of the molecule is O=S(=O)(CCc1noc(-c2n[nH]c3ccccc23)n1)c1ccccc1. The van der Waals surface area contributed by atoms with Gasteiger partial charge in [0.15, 0.2) is 21.4 Å². The topological polar surface area (TPSA) is 102 Å². The van der Waals surface area contributed by atoms with Gasteiger partial charge in [0.05, 0.1) is 16.2 Å². The minimum atomic E-state index is -3.38. The molecular weight excluding hydrogens is 340 g/mol. The fraction of sp³-hybridized carbons (Fsp3) is 0.118. The van der Waals surface area contributed by atoms with E-state index < -0.39 is 9.84 Å². The van der Waals surface area contributed by atoms with Gasteiger partial charge in [0, 0.05) is 11.8 Å². The number of aromatic nitrogens is 4. The number of sulfone groups is 1. The second kappa shape index (κ2) is 6.14. The number of nitrogens with zero attached hydrogens (tertiary/aromatic N) is 3. The first-order valence-corrected chi connectivity index (χ1v) is 9.32. The normalized spacial score (nSPS) is 11.8. The van der Waals surface area contributed by atoms with Crippen LogP contribution < -0.4 is 0 Å². The van der Waals surface area contributed by atoms with E-state index >= 15 is 0 Å². The predicted molar refractivity (Wildman–Crippen MR) is 91.6 cm³/mol. The summed E-state index contributed by atoms with van der Waals surface area (Å²) in [5, 5.41) is 11.8. The zero-order valence-electron chi connectivity index (χ0n) is 13.1. The first-order valence-electron chi connectivity index (χ1n) is 7.67. The number of H-pyrrole nitrogens is 1. The Kier molecular flexibility index (Phi) is 3.81. The lowest BCUT2D eigenvalue weighted by Gasteiger charge is -2.01. The molecule has 4 rings (SSSR count). The van der Waals surface area contributed by atoms with Crippen LogP contribution in [0.1, 0.15) is 5.82 Å². The molecule has 2 aromatic carbocycles. The van der Waals surface area contributed by atoms with E-state index in [0.29, 0.717) is 11.5 Å². The molecule has 1 N–H and O–H groups in total. The van der Waals surface area contributed by atoms with Crippen LogP contribution in [-0.4, -0.2) is 34.5 Å². The molecule has 0 atom stereocenters. The van der Waals surface area contributed by atoms with E-state index in [2.05, 4.69) is 20.3 Å². The summed E-state index contributed by atoms with van der Waals surface area (Å²) in [5.74, 6) is 0.517. The zero-order chi connectivity index (χ0) is 17.3. The number of nitrogens with one attached hydrogen (secondary N) is 1. The maximum atomic E-state index is 12.3. The number of hydrogen-bond acceptors (Lipinski definition) is 6. The van der Waals surface area contributed by atoms with Crippen LogP contribution in [0.3, 0.4) is 0 Å². The highest BCUT2D eigenvalue weighted by atomic mass is 32.2. The lowest BCUT2D eigenvalue weighted by Crippen LogP contribution is -2.09. The summed E-state index contributed by atoms with van der Waals surface area (Å²) in [4.78, 5) is 4.56. The summed E-state index contributed by atoms with van der Waals surface area (Å²) in [7, 11) is -3.38. The van der Waals surface area contributed by atoms with Crippen molar-refractivity contribution < 1.29 is 12.9 Å². The maximum Gasteiger partial charge on any atom is 0.279 e. The highest BCUT2D eigenvalue weighted by Gasteiger charge is 2.18. The summed E-state index contributed by atoms with van der Waals surface area (Å²) >= 11 is 0. The standard InChI is InChI=1S/C17H14N4O3S/c22-25(23,12-6-2-1-3-7-12)11-10-15-18-17(24-21-15)16-13-8-4-5-9-14(13)19-20-16/h1-9H,10-11H2,(H,19,20). The highest BCUT2D eigenvalue weighted by Crippen LogP contribution is 2.24. The largest absolute Gasteiger partial charge is 0.332 e. The number of aromatic amines is 1. The molecule has 0 aliphatic rings. The van der Waals surface area contributed by atoms with E-state index in [4.69, 9.17) is 4.52 Å². The van der Waals surface area contributed by atoms with Crippen LogP contribution in [0.25, 0.3) is 22.5 Å². The monoisotopic (exact) mass is 354 g/mol. The molecule has 0 bridgehead atoms. The minimum absolute atomic E-state index is 0.0860. The lowest BCUT2D eigenvalue weighted by molar-refractivity contribution is 0.422. The molecule has 2 heterocycles. The Morgan fingerprint density at radius 2 is 1.76 bits per heavy atom. The summed E-state index contributed by atoms with van der Waals surface area (Å²) in [6, 6.07) is 15.9. The Balaban J connectivity index is 1.54. The van der Waals surface area contributed by atoms with Crippen molar-refractivity contribution in [2.24, 2.45) is 0 Å². The van der Waals surface area contributed by atoms with Crippen molar-refractivity contribution in [1.29, 1.82) is 0 Å². The molecular formula is C17H14N4O3S. The maximum absolute atomic E-state index is 12.3. The van der Waals surface area contributed by atoms with Gasteiger partial charge in [-0.2, -0.15) is 10.1 Å². The van der Waals surface area contributed by atoms with Crippen LogP contribution >= 0.6 is 0 Å². The number of para-hydroxylation sites is 1. The predicted octanol–water partition coefficient (Wildman–Crippen LogP) is 2.63. The molecule has 8 heteroatoms. The number of aryl methyl sites for hydroxylation is 1. The molecule has 0 saturated carbocycles. The van der Waals surface area contributed by atoms with E-state index in [-0.39, 0.29) is 23.0 Å². The smallest absolute Gasteiger partial charge is 0.279 e. The Morgan fingerprint density at radius 3 is 2.60 bits per heavy atom. The Hall–Kier alpha value is -3.00. The molecule has 0 fully saturated rings. The van der Waals surface area contributed by atoms with Crippen LogP contribution in [-0.2, 0) is 16.3 Å². The molecule has 4 aromatic rings. The first-order chi connectivity index (χ1) is 12.1. The van der Waals surface area contributed by atoms with Crippen molar-refractivity contribution in [1.82, 2.24) is 20.3 Å². The van der Waals surface area contributed by atoms with Gasteiger partial charge in [-0.25, -0.2) is 8.42 Å². The van der Waals surface area contributed by atoms with E-state index in [0.717, 1.165) is 10.9 Å². The number of hydrogen-bond donors (Lipinski definition) is 1. The van der Waals surface area contributed by atoms with Crippen LogP contribution in [0.4, 0.5) is 0 Å². The van der Waals surface area contributed by atoms with E-state index in [9.17, 15) is 8.42 Å². The first kappa shape index (κ1) is 15.5. The Morgan fingerprint density at radius 1 is 1.00 bits per heavy atom. The minimum Gasteiger partial charge on any atom is -0.332 e. The molecule has 0 saturated heterocycles. The molecule has 0 amide bonds. The lowest BCUT2D eigenvalue weighted by atomic mass is 10.2. The van der Waals surface area contributed by atoms with E-state index in [1.807, 2.05) is 24.3 Å². The van der Waals surface area contributed by atoms with E-state index in [1.165, 1.54) is 0 Å². The molecule has 25 heavy (non-hydrogen) atoms. The summed E-state index contributed by atoms with van der Waals surface area (Å²) in [6.45, 7) is 0. The van der Waals surface area contributed by atoms with Crippen molar-refractivity contribution in [3.05, 3.63) is 60.4 Å². The molecule has 0 aliphatic carbocycles. The van der Waals surface area contributed by atoms with Crippen LogP contribution in [0, 0.1) is 0 Å². The number of fused-ring (bicyclic) bond motifs is 1. The Labute approximate surface area is 143 Å². The van der Waals surface area contributed by atoms with Crippen LogP contribution in [0.15, 0.2) is 64.0 Å². The summed E-state index contributed by atoms with van der Waals surface area (Å²) < 4.78 is 29.9. The summed E-state index contributed by atoms with van der Waals surface area (Å²) in [5.41, 5.74) is 1.42. The van der Waals surface area contributed by atoms with Crippen molar-refractivity contribution in [2.45, 2.75) is 11.3 Å². The van der Waals surface area contributed by atoms with Crippen molar-refractivity contribution in [2.75, 3.05) is 5.75 Å². The Bertz CT molecular complexity index is 1120. The van der Waals surface area contributed by atoms with Crippen LogP contribution in [0.5, 0.6) is 0 Å². The molecule has 2 aromatic heterocycles. The average Bonchev–Trinajstić information content (AvgIpc) is 3.27. The van der Waals surface area contributed by atoms with Crippen molar-refractivity contribution >= 4 is 20.7 Å². The second-order valence-corrected chi connectivity index (χ2v) is 7.62. The van der Waals surface area contributed by atoms with E-state index in [1.54, 1.807) is 30.3 Å². The quantitative estimate of drug-likeness (QED) is 0.591. The number of rotatable bonds is 5. The fourth-order valence-electron chi connectivity index (χ4n) is 2.55. The third-order valence-electron chi connectivity index (χ3n) is 3.84. The van der Waals surface area contributed by atoms with Gasteiger partial charge in [0.25, 0.3) is 5.89 Å². The number of benzene rings is 2. The van der Waals surface area contributed by atoms with Gasteiger partial charge in [0.2, 0.25) is 0 Å². The van der Waals surface area contributed by atoms with Gasteiger partial charge >= 0.3 is 0 Å². The zero-order valence-corrected chi connectivity index (χ0v) is 13.9. The van der Waals surface area contributed by atoms with Gasteiger partial charge in [-0.05, 0) is 18.2 Å². The highest BCUT2D eigenvalue weighted by molar-refractivity contribution is 7.91. The van der Waals surface area contributed by atoms with Gasteiger partial charge in [0.1, 0.15) is 0 Å². The van der Waals surface area contributed by atoms with Crippen LogP contribution in [0.2, 0.25) is 0 Å². The van der Waals surface area contributed by atoms with Gasteiger partial charge in [-0.1, -0.05) is 41.6 Å². The molecule has 0 unspecified atom stereocenters. The second-order valence-electron chi connectivity index (χ2n) is 5.52. The third kappa shape index (κ3) is 3.03. The molecule has 7 nitrogen and oxygen atoms in total. The van der Waals surface area contributed by atoms with Gasteiger partial charge in [-0.15, -0.1) is 0 Å². The van der Waals surface area contributed by atoms with Gasteiger partial charge in [-0.3, -0.25) is 5.10 Å². The van der Waals surface area contributed by atoms with Crippen molar-refractivity contribution in [3.8, 4) is 11.6 Å². The molecule has 0 spiro atoms. The third-order valence-corrected chi connectivity index (χ3v) is 5.57. The fourth-order valence-corrected chi connectivity index (χ4v) is 3.81. The molecule has 126 valence electrons. The van der Waals surface area contributed by atoms with Crippen molar-refractivity contribution in [3.63, 3.8) is 0 Å². The molecule has 0 aliphatic heterocycles.